The lowest BCUT2D eigenvalue weighted by atomic mass is 10.1. The van der Waals surface area contributed by atoms with Gasteiger partial charge in [-0.15, -0.1) is 0 Å². The first kappa shape index (κ1) is 25.1. The summed E-state index contributed by atoms with van der Waals surface area (Å²) in [7, 11) is 1.95. The number of fused-ring (bicyclic) bond motifs is 3. The first-order valence-corrected chi connectivity index (χ1v) is 12.8. The molecule has 8 heteroatoms. The lowest BCUT2D eigenvalue weighted by Crippen LogP contribution is -2.33. The number of para-hydroxylation sites is 2. The molecule has 1 amide bonds. The van der Waals surface area contributed by atoms with E-state index in [1.165, 1.54) is 6.07 Å². The summed E-state index contributed by atoms with van der Waals surface area (Å²) in [6, 6.07) is 17.4. The predicted molar refractivity (Wildman–Crippen MR) is 144 cm³/mol. The van der Waals surface area contributed by atoms with Gasteiger partial charge in [-0.3, -0.25) is 9.69 Å². The van der Waals surface area contributed by atoms with Crippen molar-refractivity contribution in [3.05, 3.63) is 83.3 Å². The number of hydrogen-bond acceptors (Lipinski definition) is 4. The molecule has 1 aromatic heterocycles. The predicted octanol–water partition coefficient (Wildman–Crippen LogP) is 6.77. The van der Waals surface area contributed by atoms with Crippen molar-refractivity contribution in [2.24, 2.45) is 7.05 Å². The first-order chi connectivity index (χ1) is 18.0. The lowest BCUT2D eigenvalue weighted by Gasteiger charge is -2.22. The first-order valence-electron chi connectivity index (χ1n) is 12.4. The molecule has 0 radical (unpaired) electrons. The third-order valence-corrected chi connectivity index (χ3v) is 6.69. The maximum Gasteiger partial charge on any atom is 0.238 e. The molecule has 37 heavy (non-hydrogen) atoms. The molecular formula is C29H29ClFN3O3. The summed E-state index contributed by atoms with van der Waals surface area (Å²) in [6.07, 6.45) is 4.73. The molecule has 0 fully saturated rings. The number of amides is 1. The highest BCUT2D eigenvalue weighted by atomic mass is 35.5. The van der Waals surface area contributed by atoms with Crippen LogP contribution in [0.4, 0.5) is 10.1 Å². The molecule has 0 aliphatic carbocycles. The van der Waals surface area contributed by atoms with Gasteiger partial charge in [0.15, 0.2) is 17.2 Å². The average Bonchev–Trinajstić information content (AvgIpc) is 3.17. The molecule has 3 aromatic carbocycles. The average molecular weight is 522 g/mol. The van der Waals surface area contributed by atoms with Gasteiger partial charge in [-0.25, -0.2) is 4.39 Å². The zero-order valence-corrected chi connectivity index (χ0v) is 21.4. The topological polar surface area (TPSA) is 55.7 Å². The molecule has 1 aliphatic heterocycles. The highest BCUT2D eigenvalue weighted by molar-refractivity contribution is 6.31. The van der Waals surface area contributed by atoms with E-state index in [1.807, 2.05) is 42.1 Å². The summed E-state index contributed by atoms with van der Waals surface area (Å²) in [5.41, 5.74) is 2.42. The molecule has 2 heterocycles. The van der Waals surface area contributed by atoms with Gasteiger partial charge in [-0.05, 0) is 79.9 Å². The van der Waals surface area contributed by atoms with Gasteiger partial charge in [0.05, 0.1) is 18.8 Å². The number of benzene rings is 3. The number of aromatic nitrogens is 1. The Kier molecular flexibility index (Phi) is 7.63. The number of carbonyl (C=O) groups excluding carboxylic acids is 1. The van der Waals surface area contributed by atoms with Gasteiger partial charge in [-0.1, -0.05) is 23.7 Å². The molecule has 6 nitrogen and oxygen atoms in total. The second-order valence-electron chi connectivity index (χ2n) is 9.28. The van der Waals surface area contributed by atoms with E-state index in [2.05, 4.69) is 10.2 Å². The van der Waals surface area contributed by atoms with Crippen LogP contribution in [0.2, 0.25) is 5.02 Å². The second-order valence-corrected chi connectivity index (χ2v) is 9.72. The van der Waals surface area contributed by atoms with Crippen molar-refractivity contribution in [3.8, 4) is 17.2 Å². The number of halogens is 2. The van der Waals surface area contributed by atoms with Crippen molar-refractivity contribution in [2.45, 2.75) is 25.8 Å². The Hall–Kier alpha value is -3.55. The summed E-state index contributed by atoms with van der Waals surface area (Å²) < 4.78 is 28.2. The number of ether oxygens (including phenoxy) is 2. The fraction of sp³-hybridized carbons (Fsp3) is 0.276. The van der Waals surface area contributed by atoms with E-state index in [4.69, 9.17) is 21.1 Å². The summed E-state index contributed by atoms with van der Waals surface area (Å²) in [4.78, 5) is 15.3. The van der Waals surface area contributed by atoms with E-state index >= 15 is 0 Å². The molecular weight excluding hydrogens is 493 g/mol. The highest BCUT2D eigenvalue weighted by Gasteiger charge is 2.18. The Morgan fingerprint density at radius 2 is 1.84 bits per heavy atom. The smallest absolute Gasteiger partial charge is 0.238 e. The Morgan fingerprint density at radius 3 is 2.70 bits per heavy atom. The zero-order valence-electron chi connectivity index (χ0n) is 20.7. The van der Waals surface area contributed by atoms with Crippen LogP contribution in [-0.2, 0) is 18.4 Å². The number of nitrogens with one attached hydrogen (secondary N) is 1. The number of hydrogen-bond donors (Lipinski definition) is 1. The van der Waals surface area contributed by atoms with Crippen LogP contribution < -0.4 is 14.8 Å². The largest absolute Gasteiger partial charge is 0.490 e. The van der Waals surface area contributed by atoms with Crippen molar-refractivity contribution >= 4 is 34.1 Å². The van der Waals surface area contributed by atoms with E-state index in [-0.39, 0.29) is 18.3 Å². The van der Waals surface area contributed by atoms with Gasteiger partial charge in [0.25, 0.3) is 0 Å². The van der Waals surface area contributed by atoms with Crippen molar-refractivity contribution < 1.29 is 18.7 Å². The highest BCUT2D eigenvalue weighted by Crippen LogP contribution is 2.36. The maximum atomic E-state index is 14.0. The van der Waals surface area contributed by atoms with Gasteiger partial charge < -0.3 is 19.4 Å². The molecule has 4 aromatic rings. The molecule has 192 valence electrons. The monoisotopic (exact) mass is 521 g/mol. The number of aryl methyl sites for hydroxylation is 1. The zero-order chi connectivity index (χ0) is 25.8. The molecule has 0 bridgehead atoms. The van der Waals surface area contributed by atoms with Crippen molar-refractivity contribution in [1.29, 1.82) is 0 Å². The summed E-state index contributed by atoms with van der Waals surface area (Å²) in [6.45, 7) is 1.97. The molecule has 1 N–H and O–H groups in total. The van der Waals surface area contributed by atoms with Crippen LogP contribution in [-0.4, -0.2) is 35.1 Å². The summed E-state index contributed by atoms with van der Waals surface area (Å²) in [5.74, 6) is 1.23. The van der Waals surface area contributed by atoms with Gasteiger partial charge in [0.1, 0.15) is 5.82 Å². The van der Waals surface area contributed by atoms with Crippen molar-refractivity contribution in [1.82, 2.24) is 9.47 Å². The van der Waals surface area contributed by atoms with Gasteiger partial charge in [-0.2, -0.15) is 0 Å². The Bertz CT molecular complexity index is 1420. The van der Waals surface area contributed by atoms with Crippen LogP contribution in [0.15, 0.2) is 66.9 Å². The molecule has 0 saturated carbocycles. The molecule has 1 aliphatic rings. The normalized spacial score (nSPS) is 15.5. The molecule has 0 spiro atoms. The summed E-state index contributed by atoms with van der Waals surface area (Å²) >= 11 is 6.25. The number of nitrogens with zero attached hydrogens (tertiary/aromatic N) is 2. The Balaban J connectivity index is 1.42. The quantitative estimate of drug-likeness (QED) is 0.316. The minimum absolute atomic E-state index is 0.171. The summed E-state index contributed by atoms with van der Waals surface area (Å²) in [5, 5.41) is 4.32. The Morgan fingerprint density at radius 1 is 1.00 bits per heavy atom. The van der Waals surface area contributed by atoms with E-state index in [9.17, 15) is 9.18 Å². The number of carbonyl (C=O) groups is 1. The number of rotatable bonds is 2. The van der Waals surface area contributed by atoms with Crippen LogP contribution >= 0.6 is 11.6 Å². The van der Waals surface area contributed by atoms with Gasteiger partial charge in [0.2, 0.25) is 5.91 Å². The van der Waals surface area contributed by atoms with Crippen LogP contribution in [0, 0.1) is 5.82 Å². The number of anilines is 1. The third-order valence-electron chi connectivity index (χ3n) is 6.46. The fourth-order valence-corrected chi connectivity index (χ4v) is 4.85. The lowest BCUT2D eigenvalue weighted by molar-refractivity contribution is -0.117. The van der Waals surface area contributed by atoms with E-state index in [0.29, 0.717) is 47.7 Å². The van der Waals surface area contributed by atoms with Gasteiger partial charge in [0, 0.05) is 35.7 Å². The van der Waals surface area contributed by atoms with E-state index in [0.717, 1.165) is 35.7 Å². The van der Waals surface area contributed by atoms with Crippen molar-refractivity contribution in [3.63, 3.8) is 0 Å². The van der Waals surface area contributed by atoms with E-state index in [1.54, 1.807) is 30.3 Å². The van der Waals surface area contributed by atoms with E-state index < -0.39 is 0 Å². The molecule has 5 rings (SSSR count). The molecule has 0 atom stereocenters. The fourth-order valence-electron chi connectivity index (χ4n) is 4.68. The Labute approximate surface area is 220 Å². The molecule has 0 unspecified atom stereocenters. The van der Waals surface area contributed by atoms with Crippen LogP contribution in [0.3, 0.4) is 0 Å². The second kappa shape index (κ2) is 11.2. The van der Waals surface area contributed by atoms with Crippen LogP contribution in [0.5, 0.6) is 17.2 Å². The third kappa shape index (κ3) is 6.06. The van der Waals surface area contributed by atoms with Crippen LogP contribution in [0.1, 0.15) is 24.8 Å². The SMILES string of the molecule is Cn1cc(CN2CCCCCOc3ccccc3Oc3ccc(Cl)cc3NC(=O)C2)c2cc(F)ccc21. The van der Waals surface area contributed by atoms with Gasteiger partial charge >= 0.3 is 0 Å². The van der Waals surface area contributed by atoms with Crippen LogP contribution in [0.25, 0.3) is 10.9 Å². The standard InChI is InChI=1S/C29H29ClFN3O3/c1-33-17-20(23-16-22(31)10-11-25(23)33)18-34-13-5-2-6-14-36-27-7-3-4-8-28(27)37-26-12-9-21(30)15-24(26)32-29(35)19-34/h3-4,7-12,15-17H,2,5-6,13-14,18-19H2,1H3,(H,32,35). The minimum atomic E-state index is -0.274. The van der Waals surface area contributed by atoms with Crippen molar-refractivity contribution in [2.75, 3.05) is 25.0 Å². The minimum Gasteiger partial charge on any atom is -0.490 e. The maximum absolute atomic E-state index is 14.0. The molecule has 0 saturated heterocycles.